The van der Waals surface area contributed by atoms with Crippen molar-refractivity contribution in [3.05, 3.63) is 35.4 Å². The summed E-state index contributed by atoms with van der Waals surface area (Å²) in [5, 5.41) is 9.28. The zero-order valence-electron chi connectivity index (χ0n) is 8.53. The molecular weight excluding hydrogens is 174 g/mol. The Bertz CT molecular complexity index is 331. The third kappa shape index (κ3) is 1.45. The van der Waals surface area contributed by atoms with Crippen LogP contribution < -0.4 is 5.73 Å². The number of aliphatic hydroxyl groups excluding tert-OH is 1. The van der Waals surface area contributed by atoms with E-state index in [1.807, 2.05) is 0 Å². The average molecular weight is 191 g/mol. The lowest BCUT2D eigenvalue weighted by atomic mass is 9.99. The summed E-state index contributed by atoms with van der Waals surface area (Å²) in [7, 11) is 0. The van der Waals surface area contributed by atoms with Crippen molar-refractivity contribution < 1.29 is 5.11 Å². The monoisotopic (exact) mass is 191 g/mol. The SMILES string of the molecule is Cc1cccc([C@@H]2C[C@]2(CN)CO)c1. The second kappa shape index (κ2) is 3.37. The van der Waals surface area contributed by atoms with Crippen molar-refractivity contribution in [2.45, 2.75) is 19.3 Å². The topological polar surface area (TPSA) is 46.2 Å². The lowest BCUT2D eigenvalue weighted by Gasteiger charge is -2.11. The number of nitrogens with two attached hydrogens (primary N) is 1. The number of hydrogen-bond acceptors (Lipinski definition) is 2. The first-order valence-corrected chi connectivity index (χ1v) is 5.09. The number of benzene rings is 1. The van der Waals surface area contributed by atoms with Gasteiger partial charge in [0, 0.05) is 12.0 Å². The lowest BCUT2D eigenvalue weighted by molar-refractivity contribution is 0.211. The number of rotatable bonds is 3. The molecular formula is C12H17NO. The van der Waals surface area contributed by atoms with Gasteiger partial charge < -0.3 is 10.8 Å². The molecule has 1 aliphatic rings. The van der Waals surface area contributed by atoms with Crippen LogP contribution in [0.15, 0.2) is 24.3 Å². The van der Waals surface area contributed by atoms with Crippen molar-refractivity contribution in [2.24, 2.45) is 11.1 Å². The summed E-state index contributed by atoms with van der Waals surface area (Å²) >= 11 is 0. The predicted molar refractivity (Wildman–Crippen MR) is 57.1 cm³/mol. The first kappa shape index (κ1) is 9.69. The molecule has 0 spiro atoms. The van der Waals surface area contributed by atoms with Gasteiger partial charge in [0.25, 0.3) is 0 Å². The third-order valence-electron chi connectivity index (χ3n) is 3.36. The van der Waals surface area contributed by atoms with Crippen molar-refractivity contribution >= 4 is 0 Å². The summed E-state index contributed by atoms with van der Waals surface area (Å²) < 4.78 is 0. The van der Waals surface area contributed by atoms with Gasteiger partial charge in [-0.15, -0.1) is 0 Å². The molecule has 2 rings (SSSR count). The van der Waals surface area contributed by atoms with E-state index in [1.165, 1.54) is 11.1 Å². The minimum Gasteiger partial charge on any atom is -0.396 e. The van der Waals surface area contributed by atoms with Crippen LogP contribution in [0.2, 0.25) is 0 Å². The highest BCUT2D eigenvalue weighted by Gasteiger charge is 2.53. The average Bonchev–Trinajstić information content (AvgIpc) is 2.93. The van der Waals surface area contributed by atoms with Crippen molar-refractivity contribution in [1.82, 2.24) is 0 Å². The maximum atomic E-state index is 9.28. The number of aryl methyl sites for hydroxylation is 1. The fourth-order valence-electron chi connectivity index (χ4n) is 2.17. The molecule has 3 N–H and O–H groups in total. The Kier molecular flexibility index (Phi) is 2.33. The fraction of sp³-hybridized carbons (Fsp3) is 0.500. The van der Waals surface area contributed by atoms with Gasteiger partial charge in [0.05, 0.1) is 6.61 Å². The first-order chi connectivity index (χ1) is 6.72. The van der Waals surface area contributed by atoms with Crippen molar-refractivity contribution in [3.8, 4) is 0 Å². The van der Waals surface area contributed by atoms with Gasteiger partial charge in [0.15, 0.2) is 0 Å². The highest BCUT2D eigenvalue weighted by Crippen LogP contribution is 2.58. The molecule has 1 aromatic carbocycles. The van der Waals surface area contributed by atoms with Crippen LogP contribution in [0.5, 0.6) is 0 Å². The Labute approximate surface area is 84.7 Å². The van der Waals surface area contributed by atoms with E-state index < -0.39 is 0 Å². The highest BCUT2D eigenvalue weighted by atomic mass is 16.3. The molecule has 2 nitrogen and oxygen atoms in total. The second-order valence-electron chi connectivity index (χ2n) is 4.40. The summed E-state index contributed by atoms with van der Waals surface area (Å²) in [5.74, 6) is 0.470. The molecule has 0 aromatic heterocycles. The van der Waals surface area contributed by atoms with Crippen LogP contribution in [-0.4, -0.2) is 18.3 Å². The molecule has 0 radical (unpaired) electrons. The van der Waals surface area contributed by atoms with Crippen LogP contribution in [0.25, 0.3) is 0 Å². The second-order valence-corrected chi connectivity index (χ2v) is 4.40. The molecule has 0 amide bonds. The molecule has 2 atom stereocenters. The van der Waals surface area contributed by atoms with Gasteiger partial charge in [-0.3, -0.25) is 0 Å². The van der Waals surface area contributed by atoms with Gasteiger partial charge in [-0.2, -0.15) is 0 Å². The van der Waals surface area contributed by atoms with Gasteiger partial charge in [0.1, 0.15) is 0 Å². The molecule has 2 heteroatoms. The van der Waals surface area contributed by atoms with Crippen molar-refractivity contribution in [2.75, 3.05) is 13.2 Å². The van der Waals surface area contributed by atoms with Crippen LogP contribution in [0.4, 0.5) is 0 Å². The van der Waals surface area contributed by atoms with E-state index in [1.54, 1.807) is 0 Å². The van der Waals surface area contributed by atoms with Gasteiger partial charge in [-0.05, 0) is 24.8 Å². The third-order valence-corrected chi connectivity index (χ3v) is 3.36. The van der Waals surface area contributed by atoms with Gasteiger partial charge in [0.2, 0.25) is 0 Å². The van der Waals surface area contributed by atoms with Crippen LogP contribution >= 0.6 is 0 Å². The molecule has 0 bridgehead atoms. The largest absolute Gasteiger partial charge is 0.396 e. The summed E-state index contributed by atoms with van der Waals surface area (Å²) in [6.07, 6.45) is 1.03. The summed E-state index contributed by atoms with van der Waals surface area (Å²) in [5.41, 5.74) is 8.26. The van der Waals surface area contributed by atoms with Crippen LogP contribution in [0.3, 0.4) is 0 Å². The zero-order valence-corrected chi connectivity index (χ0v) is 8.53. The van der Waals surface area contributed by atoms with E-state index in [0.717, 1.165) is 6.42 Å². The van der Waals surface area contributed by atoms with Crippen LogP contribution in [-0.2, 0) is 0 Å². The van der Waals surface area contributed by atoms with Gasteiger partial charge >= 0.3 is 0 Å². The van der Waals surface area contributed by atoms with E-state index >= 15 is 0 Å². The van der Waals surface area contributed by atoms with E-state index in [9.17, 15) is 5.11 Å². The van der Waals surface area contributed by atoms with Gasteiger partial charge in [-0.25, -0.2) is 0 Å². The summed E-state index contributed by atoms with van der Waals surface area (Å²) in [6, 6.07) is 8.49. The highest BCUT2D eigenvalue weighted by molar-refractivity contribution is 5.33. The Hall–Kier alpha value is -0.860. The fourth-order valence-corrected chi connectivity index (χ4v) is 2.17. The molecule has 1 aliphatic carbocycles. The normalized spacial score (nSPS) is 30.4. The molecule has 0 heterocycles. The van der Waals surface area contributed by atoms with Crippen LogP contribution in [0.1, 0.15) is 23.5 Å². The molecule has 0 unspecified atom stereocenters. The molecule has 1 fully saturated rings. The minimum absolute atomic E-state index is 0.0200. The molecule has 1 aromatic rings. The van der Waals surface area contributed by atoms with Gasteiger partial charge in [-0.1, -0.05) is 29.8 Å². The van der Waals surface area contributed by atoms with Crippen molar-refractivity contribution in [3.63, 3.8) is 0 Å². The zero-order chi connectivity index (χ0) is 10.2. The molecule has 1 saturated carbocycles. The summed E-state index contributed by atoms with van der Waals surface area (Å²) in [4.78, 5) is 0. The minimum atomic E-state index is -0.0200. The molecule has 14 heavy (non-hydrogen) atoms. The first-order valence-electron chi connectivity index (χ1n) is 5.09. The quantitative estimate of drug-likeness (QED) is 0.759. The van der Waals surface area contributed by atoms with E-state index in [2.05, 4.69) is 31.2 Å². The Balaban J connectivity index is 2.19. The summed E-state index contributed by atoms with van der Waals surface area (Å²) in [6.45, 7) is 2.89. The van der Waals surface area contributed by atoms with Crippen LogP contribution in [0, 0.1) is 12.3 Å². The lowest BCUT2D eigenvalue weighted by Crippen LogP contribution is -2.21. The maximum absolute atomic E-state index is 9.28. The Morgan fingerprint density at radius 1 is 1.57 bits per heavy atom. The molecule has 0 saturated heterocycles. The van der Waals surface area contributed by atoms with E-state index in [4.69, 9.17) is 5.73 Å². The number of hydrogen-bond donors (Lipinski definition) is 2. The van der Waals surface area contributed by atoms with E-state index in [0.29, 0.717) is 12.5 Å². The number of aliphatic hydroxyl groups is 1. The molecule has 76 valence electrons. The maximum Gasteiger partial charge on any atom is 0.0505 e. The van der Waals surface area contributed by atoms with E-state index in [-0.39, 0.29) is 12.0 Å². The smallest absolute Gasteiger partial charge is 0.0505 e. The Morgan fingerprint density at radius 3 is 2.86 bits per heavy atom. The predicted octanol–water partition coefficient (Wildman–Crippen LogP) is 1.42. The standard InChI is InChI=1S/C12H17NO/c1-9-3-2-4-10(5-9)11-6-12(11,7-13)8-14/h2-5,11,14H,6-8,13H2,1H3/t11-,12-/m0/s1. The Morgan fingerprint density at radius 2 is 2.36 bits per heavy atom. The molecule has 0 aliphatic heterocycles. The van der Waals surface area contributed by atoms with Crippen molar-refractivity contribution in [1.29, 1.82) is 0 Å².